The standard InChI is InChI=1S/C18H21N3O.3ClH/c1-2-5-15-12-21(11-14(15)4-1)17-8-18(10-19-9-17)22-13-16-6-3-7-20-16;;;/h1-2,4-5,8-10,16,20H,3,6-7,11-13H2;3*1H/t16-;;;/m0.../s1. The molecule has 4 rings (SSSR count). The van der Waals surface area contributed by atoms with Gasteiger partial charge in [-0.15, -0.1) is 37.2 Å². The smallest absolute Gasteiger partial charge is 0.139 e. The van der Waals surface area contributed by atoms with E-state index in [1.165, 1.54) is 24.0 Å². The molecular weight excluding hydrogens is 381 g/mol. The first-order chi connectivity index (χ1) is 10.9. The highest BCUT2D eigenvalue weighted by molar-refractivity contribution is 5.86. The van der Waals surface area contributed by atoms with Crippen LogP contribution in [-0.2, 0) is 13.1 Å². The van der Waals surface area contributed by atoms with E-state index in [1.807, 2.05) is 12.4 Å². The molecule has 25 heavy (non-hydrogen) atoms. The molecule has 1 N–H and O–H groups in total. The van der Waals surface area contributed by atoms with Crippen LogP contribution in [0.4, 0.5) is 5.69 Å². The molecule has 0 aliphatic carbocycles. The summed E-state index contributed by atoms with van der Waals surface area (Å²) in [4.78, 5) is 6.70. The van der Waals surface area contributed by atoms with Gasteiger partial charge in [0.15, 0.2) is 0 Å². The lowest BCUT2D eigenvalue weighted by atomic mass is 10.1. The van der Waals surface area contributed by atoms with Crippen molar-refractivity contribution in [3.8, 4) is 5.75 Å². The van der Waals surface area contributed by atoms with E-state index >= 15 is 0 Å². The van der Waals surface area contributed by atoms with Gasteiger partial charge in [0.2, 0.25) is 0 Å². The van der Waals surface area contributed by atoms with Crippen molar-refractivity contribution in [2.45, 2.75) is 32.0 Å². The fourth-order valence-electron chi connectivity index (χ4n) is 3.27. The highest BCUT2D eigenvalue weighted by atomic mass is 35.5. The Morgan fingerprint density at radius 3 is 2.44 bits per heavy atom. The lowest BCUT2D eigenvalue weighted by Gasteiger charge is -2.18. The molecule has 1 saturated heterocycles. The quantitative estimate of drug-likeness (QED) is 0.836. The van der Waals surface area contributed by atoms with Crippen molar-refractivity contribution in [3.05, 3.63) is 53.9 Å². The van der Waals surface area contributed by atoms with Gasteiger partial charge in [-0.25, -0.2) is 0 Å². The maximum Gasteiger partial charge on any atom is 0.139 e. The van der Waals surface area contributed by atoms with Gasteiger partial charge in [-0.1, -0.05) is 24.3 Å². The molecule has 7 heteroatoms. The average molecular weight is 405 g/mol. The lowest BCUT2D eigenvalue weighted by molar-refractivity contribution is 0.276. The number of aromatic nitrogens is 1. The summed E-state index contributed by atoms with van der Waals surface area (Å²) in [7, 11) is 0. The summed E-state index contributed by atoms with van der Waals surface area (Å²) in [6, 6.07) is 11.2. The van der Waals surface area contributed by atoms with Crippen LogP contribution in [0.3, 0.4) is 0 Å². The summed E-state index contributed by atoms with van der Waals surface area (Å²) in [6.07, 6.45) is 6.18. The molecule has 4 nitrogen and oxygen atoms in total. The molecule has 2 aliphatic rings. The molecule has 1 aromatic heterocycles. The van der Waals surface area contributed by atoms with Crippen molar-refractivity contribution in [3.63, 3.8) is 0 Å². The van der Waals surface area contributed by atoms with Crippen molar-refractivity contribution in [2.75, 3.05) is 18.1 Å². The van der Waals surface area contributed by atoms with E-state index < -0.39 is 0 Å². The molecule has 0 radical (unpaired) electrons. The number of pyridine rings is 1. The Kier molecular flexibility index (Phi) is 8.80. The zero-order valence-electron chi connectivity index (χ0n) is 13.9. The molecule has 0 amide bonds. The number of halogens is 3. The second kappa shape index (κ2) is 10.1. The normalized spacial score (nSPS) is 17.8. The molecule has 0 unspecified atom stereocenters. The van der Waals surface area contributed by atoms with Crippen molar-refractivity contribution in [1.29, 1.82) is 0 Å². The van der Waals surface area contributed by atoms with Crippen LogP contribution in [0.2, 0.25) is 0 Å². The van der Waals surface area contributed by atoms with Gasteiger partial charge >= 0.3 is 0 Å². The Labute approximate surface area is 167 Å². The fraction of sp³-hybridized carbons (Fsp3) is 0.389. The number of hydrogen-bond donors (Lipinski definition) is 1. The summed E-state index contributed by atoms with van der Waals surface area (Å²) in [5, 5.41) is 3.45. The lowest BCUT2D eigenvalue weighted by Crippen LogP contribution is -2.28. The first-order valence-electron chi connectivity index (χ1n) is 8.01. The van der Waals surface area contributed by atoms with Crippen LogP contribution in [0, 0.1) is 0 Å². The Balaban J connectivity index is 0.00000104. The van der Waals surface area contributed by atoms with Gasteiger partial charge in [-0.3, -0.25) is 4.98 Å². The minimum Gasteiger partial charge on any atom is -0.490 e. The van der Waals surface area contributed by atoms with Crippen molar-refractivity contribution in [1.82, 2.24) is 10.3 Å². The first-order valence-corrected chi connectivity index (χ1v) is 8.01. The van der Waals surface area contributed by atoms with E-state index in [0.717, 1.165) is 37.7 Å². The van der Waals surface area contributed by atoms with Crippen LogP contribution in [-0.4, -0.2) is 24.2 Å². The minimum atomic E-state index is 0. The number of nitrogens with zero attached hydrogens (tertiary/aromatic N) is 2. The molecule has 2 aromatic rings. The van der Waals surface area contributed by atoms with Crippen LogP contribution in [0.1, 0.15) is 24.0 Å². The van der Waals surface area contributed by atoms with Gasteiger partial charge in [0.1, 0.15) is 12.4 Å². The summed E-state index contributed by atoms with van der Waals surface area (Å²) >= 11 is 0. The third kappa shape index (κ3) is 5.14. The number of rotatable bonds is 4. The number of nitrogens with one attached hydrogen (secondary N) is 1. The highest BCUT2D eigenvalue weighted by Crippen LogP contribution is 2.29. The summed E-state index contributed by atoms with van der Waals surface area (Å²) in [5.74, 6) is 0.863. The molecule has 138 valence electrons. The molecule has 2 aliphatic heterocycles. The van der Waals surface area contributed by atoms with Crippen molar-refractivity contribution >= 4 is 42.9 Å². The fourth-order valence-corrected chi connectivity index (χ4v) is 3.27. The molecule has 0 bridgehead atoms. The topological polar surface area (TPSA) is 37.4 Å². The highest BCUT2D eigenvalue weighted by Gasteiger charge is 2.19. The predicted octanol–water partition coefficient (Wildman–Crippen LogP) is 4.00. The monoisotopic (exact) mass is 403 g/mol. The van der Waals surface area contributed by atoms with Crippen molar-refractivity contribution < 1.29 is 4.74 Å². The molecule has 0 spiro atoms. The molecule has 1 fully saturated rings. The Morgan fingerprint density at radius 2 is 1.80 bits per heavy atom. The largest absolute Gasteiger partial charge is 0.490 e. The zero-order valence-corrected chi connectivity index (χ0v) is 16.3. The van der Waals surface area contributed by atoms with E-state index in [1.54, 1.807) is 0 Å². The summed E-state index contributed by atoms with van der Waals surface area (Å²) in [5.41, 5.74) is 3.95. The number of benzene rings is 1. The minimum absolute atomic E-state index is 0. The van der Waals surface area contributed by atoms with E-state index in [2.05, 4.69) is 45.5 Å². The van der Waals surface area contributed by atoms with E-state index in [9.17, 15) is 0 Å². The number of fused-ring (bicyclic) bond motifs is 1. The first kappa shape index (κ1) is 21.8. The zero-order chi connectivity index (χ0) is 14.8. The van der Waals surface area contributed by atoms with Gasteiger partial charge in [-0.05, 0) is 30.5 Å². The summed E-state index contributed by atoms with van der Waals surface area (Å²) in [6.45, 7) is 3.74. The van der Waals surface area contributed by atoms with Crippen LogP contribution in [0.25, 0.3) is 0 Å². The Hall–Kier alpha value is -1.20. The Bertz CT molecular complexity index is 641. The van der Waals surface area contributed by atoms with E-state index in [4.69, 9.17) is 4.74 Å². The molecule has 1 atom stereocenters. The summed E-state index contributed by atoms with van der Waals surface area (Å²) < 4.78 is 5.92. The van der Waals surface area contributed by atoms with Crippen LogP contribution in [0.15, 0.2) is 42.7 Å². The molecule has 3 heterocycles. The average Bonchev–Trinajstić information content (AvgIpc) is 3.22. The molecule has 0 saturated carbocycles. The number of hydrogen-bond acceptors (Lipinski definition) is 4. The Morgan fingerprint density at radius 1 is 1.08 bits per heavy atom. The SMILES string of the molecule is Cl.Cl.Cl.c1ccc2c(c1)CN(c1cncc(OC[C@@H]3CCCN3)c1)C2. The van der Waals surface area contributed by atoms with Gasteiger partial charge in [0.25, 0.3) is 0 Å². The van der Waals surface area contributed by atoms with Gasteiger partial charge in [-0.2, -0.15) is 0 Å². The predicted molar refractivity (Wildman–Crippen MR) is 109 cm³/mol. The third-order valence-electron chi connectivity index (χ3n) is 4.52. The molecule has 1 aromatic carbocycles. The van der Waals surface area contributed by atoms with Crippen molar-refractivity contribution in [2.24, 2.45) is 0 Å². The van der Waals surface area contributed by atoms with Gasteiger partial charge in [0, 0.05) is 25.2 Å². The van der Waals surface area contributed by atoms with Crippen LogP contribution < -0.4 is 15.0 Å². The van der Waals surface area contributed by atoms with Gasteiger partial charge < -0.3 is 15.0 Å². The maximum atomic E-state index is 5.92. The number of ether oxygens (including phenoxy) is 1. The van der Waals surface area contributed by atoms with Crippen LogP contribution >= 0.6 is 37.2 Å². The van der Waals surface area contributed by atoms with E-state index in [-0.39, 0.29) is 37.2 Å². The molecular formula is C18H24Cl3N3O. The third-order valence-corrected chi connectivity index (χ3v) is 4.52. The van der Waals surface area contributed by atoms with E-state index in [0.29, 0.717) is 6.04 Å². The number of anilines is 1. The maximum absolute atomic E-state index is 5.92. The van der Waals surface area contributed by atoms with Gasteiger partial charge in [0.05, 0.1) is 18.1 Å². The second-order valence-electron chi connectivity index (χ2n) is 6.11. The second-order valence-corrected chi connectivity index (χ2v) is 6.11. The van der Waals surface area contributed by atoms with Crippen LogP contribution in [0.5, 0.6) is 5.75 Å².